The maximum Gasteiger partial charge on any atom is 0.00667 e. The Bertz CT molecular complexity index is 253. The van der Waals surface area contributed by atoms with E-state index in [0.717, 1.165) is 17.9 Å². The lowest BCUT2D eigenvalue weighted by Gasteiger charge is -2.28. The quantitative estimate of drug-likeness (QED) is 0.630. The monoisotopic (exact) mass is 307 g/mol. The van der Waals surface area contributed by atoms with E-state index >= 15 is 0 Å². The molecule has 2 fully saturated rings. The van der Waals surface area contributed by atoms with Gasteiger partial charge in [0.25, 0.3) is 0 Å². The van der Waals surface area contributed by atoms with Crippen molar-refractivity contribution < 1.29 is 0 Å². The molecule has 0 aromatic heterocycles. The van der Waals surface area contributed by atoms with E-state index in [9.17, 15) is 0 Å². The second-order valence-corrected chi connectivity index (χ2v) is 8.23. The first-order valence-corrected chi connectivity index (χ1v) is 10.6. The van der Waals surface area contributed by atoms with Crippen molar-refractivity contribution in [3.63, 3.8) is 0 Å². The molecule has 1 N–H and O–H groups in total. The van der Waals surface area contributed by atoms with Crippen LogP contribution in [0.25, 0.3) is 0 Å². The Morgan fingerprint density at radius 2 is 1.05 bits per heavy atom. The van der Waals surface area contributed by atoms with Gasteiger partial charge in [0.2, 0.25) is 0 Å². The van der Waals surface area contributed by atoms with Gasteiger partial charge < -0.3 is 5.32 Å². The molecule has 1 nitrogen and oxygen atoms in total. The van der Waals surface area contributed by atoms with E-state index in [2.05, 4.69) is 12.4 Å². The van der Waals surface area contributed by atoms with E-state index in [1.165, 1.54) is 109 Å². The normalized spacial score (nSPS) is 31.0. The predicted molar refractivity (Wildman–Crippen MR) is 98.3 cm³/mol. The van der Waals surface area contributed by atoms with E-state index < -0.39 is 0 Å². The molecule has 0 amide bonds. The highest BCUT2D eigenvalue weighted by Crippen LogP contribution is 2.32. The van der Waals surface area contributed by atoms with Gasteiger partial charge in [0.05, 0.1) is 0 Å². The van der Waals surface area contributed by atoms with Crippen molar-refractivity contribution in [2.45, 2.75) is 115 Å². The van der Waals surface area contributed by atoms with Crippen LogP contribution in [0.3, 0.4) is 0 Å². The molecule has 0 aromatic carbocycles. The number of rotatable bonds is 3. The minimum Gasteiger partial charge on any atom is -0.317 e. The van der Waals surface area contributed by atoms with Crippen LogP contribution in [0.4, 0.5) is 0 Å². The first-order chi connectivity index (χ1) is 10.9. The summed E-state index contributed by atoms with van der Waals surface area (Å²) in [7, 11) is 2.19. The predicted octanol–water partition coefficient (Wildman–Crippen LogP) is 6.47. The van der Waals surface area contributed by atoms with Crippen molar-refractivity contribution in [2.75, 3.05) is 7.05 Å². The molecular formula is C21H41N. The van der Waals surface area contributed by atoms with Crippen molar-refractivity contribution in [3.8, 4) is 0 Å². The molecule has 2 atom stereocenters. The number of nitrogens with one attached hydrogen (secondary N) is 1. The molecule has 2 aliphatic rings. The average Bonchev–Trinajstić information content (AvgIpc) is 2.67. The third kappa shape index (κ3) is 7.49. The molecule has 2 rings (SSSR count). The van der Waals surface area contributed by atoms with Gasteiger partial charge in [0.1, 0.15) is 0 Å². The summed E-state index contributed by atoms with van der Waals surface area (Å²) in [6.45, 7) is 0. The van der Waals surface area contributed by atoms with Crippen LogP contribution in [0.5, 0.6) is 0 Å². The van der Waals surface area contributed by atoms with Gasteiger partial charge in [0.15, 0.2) is 0 Å². The summed E-state index contributed by atoms with van der Waals surface area (Å²) < 4.78 is 0. The van der Waals surface area contributed by atoms with Gasteiger partial charge in [-0.15, -0.1) is 0 Å². The van der Waals surface area contributed by atoms with Crippen LogP contribution in [-0.4, -0.2) is 13.1 Å². The Hall–Kier alpha value is -0.0400. The maximum atomic E-state index is 3.62. The Morgan fingerprint density at radius 3 is 1.59 bits per heavy atom. The van der Waals surface area contributed by atoms with Crippen LogP contribution < -0.4 is 5.32 Å². The topological polar surface area (TPSA) is 12.0 Å². The van der Waals surface area contributed by atoms with Crippen molar-refractivity contribution in [3.05, 3.63) is 0 Å². The van der Waals surface area contributed by atoms with Crippen LogP contribution in [0.1, 0.15) is 109 Å². The van der Waals surface area contributed by atoms with Gasteiger partial charge in [-0.3, -0.25) is 0 Å². The molecule has 2 unspecified atom stereocenters. The van der Waals surface area contributed by atoms with Gasteiger partial charge in [-0.2, -0.15) is 0 Å². The Kier molecular flexibility index (Phi) is 9.56. The summed E-state index contributed by atoms with van der Waals surface area (Å²) in [5.41, 5.74) is 0. The van der Waals surface area contributed by atoms with E-state index in [1.54, 1.807) is 0 Å². The van der Waals surface area contributed by atoms with Crippen LogP contribution in [0.2, 0.25) is 0 Å². The lowest BCUT2D eigenvalue weighted by molar-refractivity contribution is 0.261. The fourth-order valence-electron chi connectivity index (χ4n) is 4.89. The summed E-state index contributed by atoms with van der Waals surface area (Å²) in [5.74, 6) is 2.05. The van der Waals surface area contributed by atoms with Crippen molar-refractivity contribution in [2.24, 2.45) is 11.8 Å². The molecule has 0 radical (unpaired) electrons. The standard InChI is InChI=1S/C21H41N/c1-22-21-16-12-8-4-7-11-15-20(18-21)17-19-13-9-5-2-3-6-10-14-19/h19-22H,2-18H2,1H3. The summed E-state index contributed by atoms with van der Waals surface area (Å²) in [6.07, 6.45) is 25.4. The third-order valence-electron chi connectivity index (χ3n) is 6.33. The molecule has 22 heavy (non-hydrogen) atoms. The smallest absolute Gasteiger partial charge is 0.00667 e. The molecule has 0 aromatic rings. The molecule has 0 aliphatic heterocycles. The van der Waals surface area contributed by atoms with Crippen LogP contribution in [0, 0.1) is 11.8 Å². The molecule has 1 heteroatoms. The first kappa shape index (κ1) is 18.3. The Morgan fingerprint density at radius 1 is 0.591 bits per heavy atom. The fraction of sp³-hybridized carbons (Fsp3) is 1.00. The molecule has 0 spiro atoms. The van der Waals surface area contributed by atoms with E-state index in [1.807, 2.05) is 0 Å². The lowest BCUT2D eigenvalue weighted by atomic mass is 9.80. The van der Waals surface area contributed by atoms with Crippen molar-refractivity contribution >= 4 is 0 Å². The highest BCUT2D eigenvalue weighted by Gasteiger charge is 2.21. The minimum absolute atomic E-state index is 0.791. The molecule has 2 saturated carbocycles. The summed E-state index contributed by atoms with van der Waals surface area (Å²) >= 11 is 0. The molecule has 2 aliphatic carbocycles. The highest BCUT2D eigenvalue weighted by atomic mass is 14.9. The molecular weight excluding hydrogens is 266 g/mol. The maximum absolute atomic E-state index is 3.62. The van der Waals surface area contributed by atoms with E-state index in [4.69, 9.17) is 0 Å². The Balaban J connectivity index is 1.84. The SMILES string of the molecule is CNC1CCCCCCCC(CC2CCCCCCCC2)C1. The van der Waals surface area contributed by atoms with Crippen molar-refractivity contribution in [1.82, 2.24) is 5.32 Å². The van der Waals surface area contributed by atoms with Gasteiger partial charge in [-0.05, 0) is 38.1 Å². The minimum atomic E-state index is 0.791. The van der Waals surface area contributed by atoms with E-state index in [-0.39, 0.29) is 0 Å². The van der Waals surface area contributed by atoms with Crippen LogP contribution in [-0.2, 0) is 0 Å². The van der Waals surface area contributed by atoms with Gasteiger partial charge in [-0.25, -0.2) is 0 Å². The second-order valence-electron chi connectivity index (χ2n) is 8.23. The molecule has 0 saturated heterocycles. The van der Waals surface area contributed by atoms with Crippen LogP contribution >= 0.6 is 0 Å². The zero-order valence-electron chi connectivity index (χ0n) is 15.3. The van der Waals surface area contributed by atoms with Crippen LogP contribution in [0.15, 0.2) is 0 Å². The summed E-state index contributed by atoms with van der Waals surface area (Å²) in [6, 6.07) is 0.791. The molecule has 0 heterocycles. The summed E-state index contributed by atoms with van der Waals surface area (Å²) in [4.78, 5) is 0. The Labute approximate surface area is 140 Å². The molecule has 130 valence electrons. The van der Waals surface area contributed by atoms with E-state index in [0.29, 0.717) is 0 Å². The zero-order chi connectivity index (χ0) is 15.5. The average molecular weight is 308 g/mol. The van der Waals surface area contributed by atoms with Crippen molar-refractivity contribution in [1.29, 1.82) is 0 Å². The van der Waals surface area contributed by atoms with Gasteiger partial charge in [-0.1, -0.05) is 89.9 Å². The highest BCUT2D eigenvalue weighted by molar-refractivity contribution is 4.76. The second kappa shape index (κ2) is 11.5. The number of hydrogen-bond donors (Lipinski definition) is 1. The molecule has 0 bridgehead atoms. The first-order valence-electron chi connectivity index (χ1n) is 10.6. The zero-order valence-corrected chi connectivity index (χ0v) is 15.3. The third-order valence-corrected chi connectivity index (χ3v) is 6.33. The van der Waals surface area contributed by atoms with Gasteiger partial charge >= 0.3 is 0 Å². The number of hydrogen-bond acceptors (Lipinski definition) is 1. The summed E-state index contributed by atoms with van der Waals surface area (Å²) in [5, 5.41) is 3.62. The largest absolute Gasteiger partial charge is 0.317 e. The van der Waals surface area contributed by atoms with Gasteiger partial charge in [0, 0.05) is 6.04 Å². The fourth-order valence-corrected chi connectivity index (χ4v) is 4.89. The lowest BCUT2D eigenvalue weighted by Crippen LogP contribution is -2.29.